The molecule has 0 bridgehead atoms. The van der Waals surface area contributed by atoms with Gasteiger partial charge < -0.3 is 10.1 Å². The summed E-state index contributed by atoms with van der Waals surface area (Å²) >= 11 is 6.04. The van der Waals surface area contributed by atoms with Gasteiger partial charge in [0.1, 0.15) is 17.6 Å². The van der Waals surface area contributed by atoms with Gasteiger partial charge in [0.05, 0.1) is 27.9 Å². The molecular weight excluding hydrogens is 417 g/mol. The quantitative estimate of drug-likeness (QED) is 0.610. The minimum absolute atomic E-state index is 0.0136. The molecule has 166 valence electrons. The van der Waals surface area contributed by atoms with Gasteiger partial charge in [0, 0.05) is 18.3 Å². The number of aromatic nitrogens is 1. The number of nitrogens with one attached hydrogen (secondary N) is 1. The first kappa shape index (κ1) is 24.6. The standard InChI is InChI=1S/C22H23ClFN3O2.C2H6/c1-13(2)21-20(24)9-15(12-26-21)22(28)27-16-4-7-17(8-5-16)29-18-6-3-14(11-25)19(23)10-18;1-2/h3,6,9-10,12-13,16-17H,4-5,7-8H2,1-2H3,(H,27,28);1-2H3. The van der Waals surface area contributed by atoms with Gasteiger partial charge in [0.15, 0.2) is 0 Å². The first-order valence-electron chi connectivity index (χ1n) is 10.7. The van der Waals surface area contributed by atoms with Crippen LogP contribution < -0.4 is 10.1 Å². The molecule has 5 nitrogen and oxygen atoms in total. The highest BCUT2D eigenvalue weighted by Gasteiger charge is 2.24. The van der Waals surface area contributed by atoms with Crippen LogP contribution in [0.5, 0.6) is 5.75 Å². The van der Waals surface area contributed by atoms with Crippen molar-refractivity contribution in [3.8, 4) is 11.8 Å². The number of amides is 1. The second-order valence-corrected chi connectivity index (χ2v) is 7.97. The van der Waals surface area contributed by atoms with Crippen LogP contribution in [0.2, 0.25) is 5.02 Å². The van der Waals surface area contributed by atoms with E-state index < -0.39 is 5.82 Å². The van der Waals surface area contributed by atoms with Crippen LogP contribution in [0.15, 0.2) is 30.5 Å². The fourth-order valence-electron chi connectivity index (χ4n) is 3.44. The molecule has 1 N–H and O–H groups in total. The van der Waals surface area contributed by atoms with Crippen LogP contribution in [-0.4, -0.2) is 23.0 Å². The number of hydrogen-bond acceptors (Lipinski definition) is 4. The molecule has 1 amide bonds. The predicted molar refractivity (Wildman–Crippen MR) is 120 cm³/mol. The molecule has 1 fully saturated rings. The van der Waals surface area contributed by atoms with E-state index in [9.17, 15) is 9.18 Å². The summed E-state index contributed by atoms with van der Waals surface area (Å²) in [4.78, 5) is 16.5. The van der Waals surface area contributed by atoms with Gasteiger partial charge in [-0.05, 0) is 49.8 Å². The maximum absolute atomic E-state index is 14.1. The van der Waals surface area contributed by atoms with Gasteiger partial charge in [-0.3, -0.25) is 9.78 Å². The summed E-state index contributed by atoms with van der Waals surface area (Å²) in [6, 6.07) is 8.31. The number of rotatable bonds is 5. The molecule has 1 aromatic carbocycles. The fourth-order valence-corrected chi connectivity index (χ4v) is 3.66. The van der Waals surface area contributed by atoms with Crippen LogP contribution in [0.25, 0.3) is 0 Å². The fraction of sp³-hybridized carbons (Fsp3) is 0.458. The largest absolute Gasteiger partial charge is 0.490 e. The Balaban J connectivity index is 0.00000166. The van der Waals surface area contributed by atoms with Crippen LogP contribution in [0.1, 0.15) is 80.9 Å². The second kappa shape index (κ2) is 11.7. The van der Waals surface area contributed by atoms with Crippen LogP contribution in [0, 0.1) is 17.1 Å². The third-order valence-electron chi connectivity index (χ3n) is 5.05. The molecule has 0 unspecified atom stereocenters. The van der Waals surface area contributed by atoms with Crippen molar-refractivity contribution in [3.63, 3.8) is 0 Å². The van der Waals surface area contributed by atoms with E-state index in [0.29, 0.717) is 22.0 Å². The number of nitriles is 1. The van der Waals surface area contributed by atoms with Crippen LogP contribution in [0.3, 0.4) is 0 Å². The molecule has 0 atom stereocenters. The van der Waals surface area contributed by atoms with E-state index in [2.05, 4.69) is 10.3 Å². The molecule has 1 aliphatic rings. The number of carbonyl (C=O) groups excluding carboxylic acids is 1. The number of carbonyl (C=O) groups is 1. The highest BCUT2D eigenvalue weighted by molar-refractivity contribution is 6.31. The van der Waals surface area contributed by atoms with Crippen LogP contribution in [0.4, 0.5) is 4.39 Å². The Kier molecular flexibility index (Phi) is 9.26. The SMILES string of the molecule is CC.CC(C)c1ncc(C(=O)NC2CCC(Oc3ccc(C#N)c(Cl)c3)CC2)cc1F. The number of halogens is 2. The predicted octanol–water partition coefficient (Wildman–Crippen LogP) is 6.02. The first-order valence-corrected chi connectivity index (χ1v) is 11.1. The lowest BCUT2D eigenvalue weighted by Crippen LogP contribution is -2.39. The zero-order valence-electron chi connectivity index (χ0n) is 18.4. The first-order chi connectivity index (χ1) is 14.9. The van der Waals surface area contributed by atoms with E-state index >= 15 is 0 Å². The Morgan fingerprint density at radius 3 is 2.48 bits per heavy atom. The smallest absolute Gasteiger partial charge is 0.253 e. The number of pyridine rings is 1. The van der Waals surface area contributed by atoms with Gasteiger partial charge in [0.25, 0.3) is 5.91 Å². The molecule has 1 saturated carbocycles. The Morgan fingerprint density at radius 1 is 1.26 bits per heavy atom. The van der Waals surface area contributed by atoms with Gasteiger partial charge in [-0.2, -0.15) is 5.26 Å². The van der Waals surface area contributed by atoms with Crippen molar-refractivity contribution in [1.29, 1.82) is 5.26 Å². The maximum Gasteiger partial charge on any atom is 0.253 e. The van der Waals surface area contributed by atoms with Crippen molar-refractivity contribution in [2.24, 2.45) is 0 Å². The molecule has 2 aromatic rings. The van der Waals surface area contributed by atoms with Crippen molar-refractivity contribution < 1.29 is 13.9 Å². The molecule has 1 aliphatic carbocycles. The molecule has 1 heterocycles. The average molecular weight is 446 g/mol. The lowest BCUT2D eigenvalue weighted by atomic mass is 9.92. The van der Waals surface area contributed by atoms with E-state index in [-0.39, 0.29) is 29.5 Å². The van der Waals surface area contributed by atoms with E-state index in [1.54, 1.807) is 18.2 Å². The number of nitrogens with zero attached hydrogens (tertiary/aromatic N) is 2. The number of benzene rings is 1. The number of ether oxygens (including phenoxy) is 1. The normalized spacial score (nSPS) is 17.9. The summed E-state index contributed by atoms with van der Waals surface area (Å²) in [5, 5.41) is 12.3. The lowest BCUT2D eigenvalue weighted by Gasteiger charge is -2.29. The lowest BCUT2D eigenvalue weighted by molar-refractivity contribution is 0.0893. The minimum atomic E-state index is -0.453. The summed E-state index contributed by atoms with van der Waals surface area (Å²) < 4.78 is 20.0. The van der Waals surface area contributed by atoms with Crippen molar-refractivity contribution in [3.05, 3.63) is 58.1 Å². The molecular formula is C24H29ClFN3O2. The number of hydrogen-bond donors (Lipinski definition) is 1. The molecule has 1 aromatic heterocycles. The molecule has 0 radical (unpaired) electrons. The Bertz CT molecular complexity index is 935. The molecule has 0 saturated heterocycles. The highest BCUT2D eigenvalue weighted by atomic mass is 35.5. The van der Waals surface area contributed by atoms with Crippen molar-refractivity contribution >= 4 is 17.5 Å². The van der Waals surface area contributed by atoms with Gasteiger partial charge in [-0.15, -0.1) is 0 Å². The molecule has 0 aliphatic heterocycles. The minimum Gasteiger partial charge on any atom is -0.490 e. The van der Waals surface area contributed by atoms with Crippen LogP contribution >= 0.6 is 11.6 Å². The Morgan fingerprint density at radius 2 is 1.94 bits per heavy atom. The molecule has 31 heavy (non-hydrogen) atoms. The maximum atomic E-state index is 14.1. The van der Waals surface area contributed by atoms with E-state index in [4.69, 9.17) is 21.6 Å². The van der Waals surface area contributed by atoms with E-state index in [1.807, 2.05) is 33.8 Å². The second-order valence-electron chi connectivity index (χ2n) is 7.56. The zero-order chi connectivity index (χ0) is 23.0. The van der Waals surface area contributed by atoms with E-state index in [0.717, 1.165) is 25.7 Å². The zero-order valence-corrected chi connectivity index (χ0v) is 19.2. The summed E-state index contributed by atoms with van der Waals surface area (Å²) in [6.07, 6.45) is 4.54. The Labute approximate surface area is 188 Å². The summed E-state index contributed by atoms with van der Waals surface area (Å²) in [7, 11) is 0. The third kappa shape index (κ3) is 6.67. The van der Waals surface area contributed by atoms with Gasteiger partial charge in [-0.1, -0.05) is 39.3 Å². The van der Waals surface area contributed by atoms with Crippen molar-refractivity contribution in [2.75, 3.05) is 0 Å². The molecule has 0 spiro atoms. The van der Waals surface area contributed by atoms with Crippen molar-refractivity contribution in [1.82, 2.24) is 10.3 Å². The van der Waals surface area contributed by atoms with Gasteiger partial charge in [-0.25, -0.2) is 4.39 Å². The molecule has 7 heteroatoms. The van der Waals surface area contributed by atoms with Gasteiger partial charge in [0.2, 0.25) is 0 Å². The average Bonchev–Trinajstić information content (AvgIpc) is 2.76. The van der Waals surface area contributed by atoms with E-state index in [1.165, 1.54) is 12.3 Å². The highest BCUT2D eigenvalue weighted by Crippen LogP contribution is 2.27. The van der Waals surface area contributed by atoms with Gasteiger partial charge >= 0.3 is 0 Å². The Hall–Kier alpha value is -2.65. The summed E-state index contributed by atoms with van der Waals surface area (Å²) in [5.74, 6) is -0.164. The summed E-state index contributed by atoms with van der Waals surface area (Å²) in [5.41, 5.74) is 1.01. The van der Waals surface area contributed by atoms with Crippen LogP contribution in [-0.2, 0) is 0 Å². The topological polar surface area (TPSA) is 75.0 Å². The van der Waals surface area contributed by atoms with Crippen molar-refractivity contribution in [2.45, 2.75) is 71.4 Å². The summed E-state index contributed by atoms with van der Waals surface area (Å²) in [6.45, 7) is 7.72. The monoisotopic (exact) mass is 445 g/mol. The molecule has 3 rings (SSSR count). The third-order valence-corrected chi connectivity index (χ3v) is 5.36.